The van der Waals surface area contributed by atoms with Gasteiger partial charge in [0.05, 0.1) is 5.69 Å². The number of anilines is 1. The monoisotopic (exact) mass is 312 g/mol. The van der Waals surface area contributed by atoms with Gasteiger partial charge < -0.3 is 4.90 Å². The molecule has 3 heterocycles. The van der Waals surface area contributed by atoms with Crippen LogP contribution in [-0.2, 0) is 4.79 Å². The standard InChI is InChI=1S/C16H13FN4O2/c17-11-1-3-12(4-2-11)20-9-10(7-15(20)22)13-8-16(23)21-14(19-13)5-6-18-21/h1-6,8,10,18H,7,9H2. The summed E-state index contributed by atoms with van der Waals surface area (Å²) in [7, 11) is 0. The molecule has 1 atom stereocenters. The van der Waals surface area contributed by atoms with Gasteiger partial charge >= 0.3 is 0 Å². The molecule has 2 aromatic heterocycles. The minimum Gasteiger partial charge on any atom is -0.312 e. The summed E-state index contributed by atoms with van der Waals surface area (Å²) in [6.07, 6.45) is 1.92. The molecule has 0 spiro atoms. The number of carbonyl (C=O) groups excluding carboxylic acids is 1. The van der Waals surface area contributed by atoms with E-state index in [2.05, 4.69) is 10.1 Å². The van der Waals surface area contributed by atoms with Crippen molar-refractivity contribution < 1.29 is 9.18 Å². The quantitative estimate of drug-likeness (QED) is 0.782. The van der Waals surface area contributed by atoms with Gasteiger partial charge in [-0.2, -0.15) is 0 Å². The summed E-state index contributed by atoms with van der Waals surface area (Å²) < 4.78 is 14.4. The molecule has 1 saturated heterocycles. The van der Waals surface area contributed by atoms with E-state index in [0.29, 0.717) is 23.6 Å². The van der Waals surface area contributed by atoms with Gasteiger partial charge in [0.2, 0.25) is 5.91 Å². The van der Waals surface area contributed by atoms with Crippen LogP contribution in [0.4, 0.5) is 10.1 Å². The molecule has 1 aromatic carbocycles. The highest BCUT2D eigenvalue weighted by Gasteiger charge is 2.32. The van der Waals surface area contributed by atoms with Crippen LogP contribution in [0.25, 0.3) is 5.65 Å². The topological polar surface area (TPSA) is 70.5 Å². The van der Waals surface area contributed by atoms with E-state index in [9.17, 15) is 14.0 Å². The normalized spacial score (nSPS) is 18.0. The Bertz CT molecular complexity index is 945. The minimum atomic E-state index is -0.343. The Labute approximate surface area is 130 Å². The van der Waals surface area contributed by atoms with Crippen LogP contribution in [0.5, 0.6) is 0 Å². The molecular formula is C16H13FN4O2. The fourth-order valence-electron chi connectivity index (χ4n) is 2.93. The van der Waals surface area contributed by atoms with E-state index >= 15 is 0 Å². The average molecular weight is 312 g/mol. The molecule has 0 saturated carbocycles. The molecule has 0 aliphatic carbocycles. The molecule has 1 amide bonds. The molecule has 7 heteroatoms. The van der Waals surface area contributed by atoms with Crippen molar-refractivity contribution in [2.75, 3.05) is 11.4 Å². The Morgan fingerprint density at radius 1 is 1.17 bits per heavy atom. The second-order valence-corrected chi connectivity index (χ2v) is 5.56. The van der Waals surface area contributed by atoms with Gasteiger partial charge in [0.25, 0.3) is 5.56 Å². The first kappa shape index (κ1) is 13.7. The highest BCUT2D eigenvalue weighted by molar-refractivity contribution is 5.96. The maximum Gasteiger partial charge on any atom is 0.272 e. The zero-order chi connectivity index (χ0) is 16.0. The third kappa shape index (κ3) is 2.30. The summed E-state index contributed by atoms with van der Waals surface area (Å²) in [5, 5.41) is 2.78. The SMILES string of the molecule is O=C1CC(c2cc(=O)n3[nH]ccc3n2)CN1c1ccc(F)cc1. The Morgan fingerprint density at radius 3 is 2.74 bits per heavy atom. The van der Waals surface area contributed by atoms with Crippen LogP contribution < -0.4 is 10.5 Å². The van der Waals surface area contributed by atoms with Crippen molar-refractivity contribution in [2.24, 2.45) is 0 Å². The van der Waals surface area contributed by atoms with Crippen molar-refractivity contribution >= 4 is 17.2 Å². The molecule has 0 bridgehead atoms. The molecular weight excluding hydrogens is 299 g/mol. The molecule has 23 heavy (non-hydrogen) atoms. The third-order valence-electron chi connectivity index (χ3n) is 4.08. The molecule has 4 rings (SSSR count). The second-order valence-electron chi connectivity index (χ2n) is 5.56. The predicted octanol–water partition coefficient (Wildman–Crippen LogP) is 1.68. The zero-order valence-electron chi connectivity index (χ0n) is 12.1. The molecule has 1 aliphatic rings. The number of aromatic nitrogens is 3. The van der Waals surface area contributed by atoms with Crippen molar-refractivity contribution in [3.8, 4) is 0 Å². The summed E-state index contributed by atoms with van der Waals surface area (Å²) in [6, 6.07) is 8.97. The van der Waals surface area contributed by atoms with Crippen molar-refractivity contribution in [1.82, 2.24) is 14.6 Å². The van der Waals surface area contributed by atoms with Crippen LogP contribution >= 0.6 is 0 Å². The number of amides is 1. The van der Waals surface area contributed by atoms with Crippen LogP contribution in [-0.4, -0.2) is 27.0 Å². The zero-order valence-corrected chi connectivity index (χ0v) is 12.1. The van der Waals surface area contributed by atoms with Gasteiger partial charge in [-0.05, 0) is 24.3 Å². The molecule has 6 nitrogen and oxygen atoms in total. The average Bonchev–Trinajstić information content (AvgIpc) is 3.15. The smallest absolute Gasteiger partial charge is 0.272 e. The predicted molar refractivity (Wildman–Crippen MR) is 81.9 cm³/mol. The molecule has 0 radical (unpaired) electrons. The Kier molecular flexibility index (Phi) is 3.00. The lowest BCUT2D eigenvalue weighted by atomic mass is 10.0. The lowest BCUT2D eigenvalue weighted by Crippen LogP contribution is -2.24. The number of hydrogen-bond donors (Lipinski definition) is 1. The third-order valence-corrected chi connectivity index (χ3v) is 4.08. The van der Waals surface area contributed by atoms with E-state index in [1.807, 2.05) is 0 Å². The van der Waals surface area contributed by atoms with E-state index in [0.717, 1.165) is 0 Å². The molecule has 1 N–H and O–H groups in total. The van der Waals surface area contributed by atoms with Crippen LogP contribution in [0.15, 0.2) is 47.4 Å². The summed E-state index contributed by atoms with van der Waals surface area (Å²) in [6.45, 7) is 0.428. The van der Waals surface area contributed by atoms with E-state index in [1.165, 1.54) is 22.7 Å². The summed E-state index contributed by atoms with van der Waals surface area (Å²) in [5.74, 6) is -0.553. The van der Waals surface area contributed by atoms with Gasteiger partial charge in [-0.1, -0.05) is 0 Å². The van der Waals surface area contributed by atoms with Crippen LogP contribution in [0.2, 0.25) is 0 Å². The number of benzene rings is 1. The molecule has 1 unspecified atom stereocenters. The van der Waals surface area contributed by atoms with Gasteiger partial charge in [0, 0.05) is 42.9 Å². The van der Waals surface area contributed by atoms with E-state index in [1.54, 1.807) is 29.3 Å². The number of nitrogens with one attached hydrogen (secondary N) is 1. The first-order valence-electron chi connectivity index (χ1n) is 7.25. The first-order chi connectivity index (χ1) is 11.1. The fourth-order valence-corrected chi connectivity index (χ4v) is 2.93. The van der Waals surface area contributed by atoms with Crippen molar-refractivity contribution in [2.45, 2.75) is 12.3 Å². The number of carbonyl (C=O) groups is 1. The van der Waals surface area contributed by atoms with Gasteiger partial charge in [-0.25, -0.2) is 13.9 Å². The molecule has 116 valence electrons. The summed E-state index contributed by atoms with van der Waals surface area (Å²) in [5.41, 5.74) is 1.58. The first-order valence-corrected chi connectivity index (χ1v) is 7.25. The Balaban J connectivity index is 1.66. The van der Waals surface area contributed by atoms with Crippen LogP contribution in [0.1, 0.15) is 18.0 Å². The maximum absolute atomic E-state index is 13.0. The number of H-pyrrole nitrogens is 1. The minimum absolute atomic E-state index is 0.0577. The lowest BCUT2D eigenvalue weighted by molar-refractivity contribution is -0.117. The van der Waals surface area contributed by atoms with Crippen molar-refractivity contribution in [3.05, 3.63) is 64.5 Å². The number of nitrogens with zero attached hydrogens (tertiary/aromatic N) is 3. The van der Waals surface area contributed by atoms with Crippen molar-refractivity contribution in [3.63, 3.8) is 0 Å². The van der Waals surface area contributed by atoms with Crippen LogP contribution in [0.3, 0.4) is 0 Å². The Hall–Kier alpha value is -2.96. The lowest BCUT2D eigenvalue weighted by Gasteiger charge is -2.16. The molecule has 1 aliphatic heterocycles. The fraction of sp³-hybridized carbons (Fsp3) is 0.188. The van der Waals surface area contributed by atoms with E-state index in [-0.39, 0.29) is 29.6 Å². The number of hydrogen-bond acceptors (Lipinski definition) is 3. The van der Waals surface area contributed by atoms with Gasteiger partial charge in [0.15, 0.2) is 5.65 Å². The summed E-state index contributed by atoms with van der Waals surface area (Å²) >= 11 is 0. The number of fused-ring (bicyclic) bond motifs is 1. The number of rotatable bonds is 2. The highest BCUT2D eigenvalue weighted by atomic mass is 19.1. The van der Waals surface area contributed by atoms with Gasteiger partial charge in [0.1, 0.15) is 5.82 Å². The number of aromatic amines is 1. The largest absolute Gasteiger partial charge is 0.312 e. The van der Waals surface area contributed by atoms with Crippen molar-refractivity contribution in [1.29, 1.82) is 0 Å². The Morgan fingerprint density at radius 2 is 1.96 bits per heavy atom. The summed E-state index contributed by atoms with van der Waals surface area (Å²) in [4.78, 5) is 30.3. The maximum atomic E-state index is 13.0. The van der Waals surface area contributed by atoms with E-state index < -0.39 is 0 Å². The molecule has 1 fully saturated rings. The van der Waals surface area contributed by atoms with Crippen LogP contribution in [0, 0.1) is 5.82 Å². The van der Waals surface area contributed by atoms with E-state index in [4.69, 9.17) is 0 Å². The van der Waals surface area contributed by atoms with Gasteiger partial charge in [-0.3, -0.25) is 14.7 Å². The molecule has 3 aromatic rings. The number of halogens is 1. The highest BCUT2D eigenvalue weighted by Crippen LogP contribution is 2.30. The van der Waals surface area contributed by atoms with Gasteiger partial charge in [-0.15, -0.1) is 0 Å². The second kappa shape index (κ2) is 5.05.